The number of aryl methyl sites for hydroxylation is 1. The topological polar surface area (TPSA) is 64.6 Å². The molecule has 5 nitrogen and oxygen atoms in total. The van der Waals surface area contributed by atoms with Crippen molar-refractivity contribution in [2.75, 3.05) is 13.2 Å². The molecule has 1 N–H and O–H groups in total. The first-order valence-electron chi connectivity index (χ1n) is 9.14. The van der Waals surface area contributed by atoms with E-state index in [4.69, 9.17) is 9.47 Å². The van der Waals surface area contributed by atoms with Gasteiger partial charge in [-0.05, 0) is 48.9 Å². The molecule has 0 spiro atoms. The average Bonchev–Trinajstić information content (AvgIpc) is 2.58. The molecule has 5 heteroatoms. The van der Waals surface area contributed by atoms with Crippen LogP contribution in [0.15, 0.2) is 18.2 Å². The smallest absolute Gasteiger partial charge is 0.344 e. The molecule has 138 valence electrons. The minimum absolute atomic E-state index is 0.197. The summed E-state index contributed by atoms with van der Waals surface area (Å²) in [5.74, 6) is 0.300. The van der Waals surface area contributed by atoms with Gasteiger partial charge >= 0.3 is 5.97 Å². The van der Waals surface area contributed by atoms with Crippen LogP contribution in [0, 0.1) is 6.92 Å². The fourth-order valence-electron chi connectivity index (χ4n) is 3.23. The van der Waals surface area contributed by atoms with Crippen LogP contribution in [0.5, 0.6) is 5.75 Å². The third-order valence-corrected chi connectivity index (χ3v) is 4.55. The van der Waals surface area contributed by atoms with Gasteiger partial charge < -0.3 is 14.8 Å². The highest BCUT2D eigenvalue weighted by atomic mass is 16.6. The zero-order chi connectivity index (χ0) is 18.2. The normalized spacial score (nSPS) is 15.0. The van der Waals surface area contributed by atoms with Gasteiger partial charge in [0.15, 0.2) is 13.2 Å². The molecule has 0 saturated heterocycles. The Morgan fingerprint density at radius 2 is 1.88 bits per heavy atom. The zero-order valence-electron chi connectivity index (χ0n) is 15.5. The van der Waals surface area contributed by atoms with Crippen molar-refractivity contribution in [3.8, 4) is 5.75 Å². The first-order chi connectivity index (χ1) is 12.0. The highest BCUT2D eigenvalue weighted by Gasteiger charge is 2.16. The van der Waals surface area contributed by atoms with Gasteiger partial charge in [0, 0.05) is 6.04 Å². The molecule has 0 atom stereocenters. The Kier molecular flexibility index (Phi) is 7.29. The second-order valence-electron chi connectivity index (χ2n) is 7.02. The lowest BCUT2D eigenvalue weighted by molar-refractivity contribution is -0.150. The molecular weight excluding hydrogens is 318 g/mol. The number of esters is 1. The summed E-state index contributed by atoms with van der Waals surface area (Å²) in [5.41, 5.74) is 2.39. The number of rotatable bonds is 7. The second-order valence-corrected chi connectivity index (χ2v) is 7.02. The van der Waals surface area contributed by atoms with Crippen LogP contribution in [0.1, 0.15) is 63.0 Å². The Balaban J connectivity index is 1.69. The molecule has 1 aliphatic rings. The van der Waals surface area contributed by atoms with E-state index in [9.17, 15) is 9.59 Å². The largest absolute Gasteiger partial charge is 0.482 e. The summed E-state index contributed by atoms with van der Waals surface area (Å²) in [6.45, 7) is 5.86. The molecule has 2 rings (SSSR count). The van der Waals surface area contributed by atoms with E-state index in [2.05, 4.69) is 19.2 Å². The van der Waals surface area contributed by atoms with Gasteiger partial charge in [0.25, 0.3) is 5.91 Å². The van der Waals surface area contributed by atoms with Crippen LogP contribution in [0.3, 0.4) is 0 Å². The van der Waals surface area contributed by atoms with Gasteiger partial charge in [0.2, 0.25) is 0 Å². The maximum absolute atomic E-state index is 11.8. The lowest BCUT2D eigenvalue weighted by Crippen LogP contribution is -2.39. The molecule has 0 heterocycles. The van der Waals surface area contributed by atoms with Crippen molar-refractivity contribution in [2.45, 2.75) is 64.8 Å². The minimum atomic E-state index is -0.538. The number of nitrogens with one attached hydrogen (secondary N) is 1. The summed E-state index contributed by atoms with van der Waals surface area (Å²) in [5, 5.41) is 2.92. The van der Waals surface area contributed by atoms with E-state index in [0.29, 0.717) is 11.7 Å². The predicted octanol–water partition coefficient (Wildman–Crippen LogP) is 3.49. The Morgan fingerprint density at radius 3 is 2.52 bits per heavy atom. The lowest BCUT2D eigenvalue weighted by Gasteiger charge is -2.22. The summed E-state index contributed by atoms with van der Waals surface area (Å²) in [4.78, 5) is 23.6. The highest BCUT2D eigenvalue weighted by molar-refractivity contribution is 5.81. The van der Waals surface area contributed by atoms with Crippen molar-refractivity contribution in [2.24, 2.45) is 0 Å². The minimum Gasteiger partial charge on any atom is -0.482 e. The van der Waals surface area contributed by atoms with Crippen LogP contribution in [0.2, 0.25) is 0 Å². The van der Waals surface area contributed by atoms with Crippen LogP contribution in [-0.4, -0.2) is 31.1 Å². The molecule has 0 aliphatic heterocycles. The van der Waals surface area contributed by atoms with E-state index in [1.165, 1.54) is 12.0 Å². The van der Waals surface area contributed by atoms with Crippen LogP contribution in [-0.2, 0) is 14.3 Å². The van der Waals surface area contributed by atoms with E-state index in [0.717, 1.165) is 31.2 Å². The van der Waals surface area contributed by atoms with E-state index < -0.39 is 5.97 Å². The molecule has 1 aliphatic carbocycles. The Labute approximate surface area is 150 Å². The molecule has 1 amide bonds. The fraction of sp³-hybridized carbons (Fsp3) is 0.600. The molecular formula is C20H29NO4. The first-order valence-corrected chi connectivity index (χ1v) is 9.14. The standard InChI is InChI=1S/C20H29NO4/c1-14(2)18-10-9-17(11-15(18)3)24-13-20(23)25-12-19(22)21-16-7-5-4-6-8-16/h9-11,14,16H,4-8,12-13H2,1-3H3,(H,21,22). The van der Waals surface area contributed by atoms with Crippen molar-refractivity contribution in [3.05, 3.63) is 29.3 Å². The van der Waals surface area contributed by atoms with Crippen molar-refractivity contribution >= 4 is 11.9 Å². The molecule has 0 unspecified atom stereocenters. The molecule has 1 aromatic rings. The number of carbonyl (C=O) groups is 2. The number of ether oxygens (including phenoxy) is 2. The van der Waals surface area contributed by atoms with Gasteiger partial charge in [-0.1, -0.05) is 39.2 Å². The van der Waals surface area contributed by atoms with E-state index in [1.807, 2.05) is 25.1 Å². The number of carbonyl (C=O) groups excluding carboxylic acids is 2. The van der Waals surface area contributed by atoms with E-state index in [-0.39, 0.29) is 25.2 Å². The summed E-state index contributed by atoms with van der Waals surface area (Å²) >= 11 is 0. The average molecular weight is 347 g/mol. The van der Waals surface area contributed by atoms with Gasteiger partial charge in [-0.15, -0.1) is 0 Å². The summed E-state index contributed by atoms with van der Waals surface area (Å²) in [6, 6.07) is 6.00. The van der Waals surface area contributed by atoms with Crippen LogP contribution < -0.4 is 10.1 Å². The molecule has 1 saturated carbocycles. The Morgan fingerprint density at radius 1 is 1.16 bits per heavy atom. The zero-order valence-corrected chi connectivity index (χ0v) is 15.5. The van der Waals surface area contributed by atoms with Crippen molar-refractivity contribution in [3.63, 3.8) is 0 Å². The van der Waals surface area contributed by atoms with Gasteiger partial charge in [0.1, 0.15) is 5.75 Å². The second kappa shape index (κ2) is 9.44. The van der Waals surface area contributed by atoms with Crippen LogP contribution >= 0.6 is 0 Å². The maximum atomic E-state index is 11.8. The van der Waals surface area contributed by atoms with Crippen molar-refractivity contribution in [1.29, 1.82) is 0 Å². The van der Waals surface area contributed by atoms with Crippen molar-refractivity contribution < 1.29 is 19.1 Å². The third-order valence-electron chi connectivity index (χ3n) is 4.55. The van der Waals surface area contributed by atoms with Gasteiger partial charge in [-0.25, -0.2) is 4.79 Å². The first kappa shape index (κ1) is 19.3. The summed E-state index contributed by atoms with van der Waals surface area (Å²) in [7, 11) is 0. The highest BCUT2D eigenvalue weighted by Crippen LogP contribution is 2.23. The fourth-order valence-corrected chi connectivity index (χ4v) is 3.23. The van der Waals surface area contributed by atoms with E-state index >= 15 is 0 Å². The summed E-state index contributed by atoms with van der Waals surface area (Å²) < 4.78 is 10.4. The quantitative estimate of drug-likeness (QED) is 0.767. The van der Waals surface area contributed by atoms with E-state index in [1.54, 1.807) is 0 Å². The third kappa shape index (κ3) is 6.40. The molecule has 1 aromatic carbocycles. The molecule has 25 heavy (non-hydrogen) atoms. The maximum Gasteiger partial charge on any atom is 0.344 e. The molecule has 1 fully saturated rings. The Bertz CT molecular complexity index is 591. The monoisotopic (exact) mass is 347 g/mol. The number of benzene rings is 1. The van der Waals surface area contributed by atoms with Crippen LogP contribution in [0.25, 0.3) is 0 Å². The number of amides is 1. The van der Waals surface area contributed by atoms with Gasteiger partial charge in [0.05, 0.1) is 0 Å². The number of hydrogen-bond acceptors (Lipinski definition) is 4. The van der Waals surface area contributed by atoms with Gasteiger partial charge in [-0.2, -0.15) is 0 Å². The lowest BCUT2D eigenvalue weighted by atomic mass is 9.95. The van der Waals surface area contributed by atoms with Crippen molar-refractivity contribution in [1.82, 2.24) is 5.32 Å². The summed E-state index contributed by atoms with van der Waals surface area (Å²) in [6.07, 6.45) is 5.54. The molecule has 0 radical (unpaired) electrons. The number of hydrogen-bond donors (Lipinski definition) is 1. The predicted molar refractivity (Wildman–Crippen MR) is 96.7 cm³/mol. The molecule has 0 aromatic heterocycles. The SMILES string of the molecule is Cc1cc(OCC(=O)OCC(=O)NC2CCCCC2)ccc1C(C)C. The van der Waals surface area contributed by atoms with Crippen LogP contribution in [0.4, 0.5) is 0 Å². The van der Waals surface area contributed by atoms with Gasteiger partial charge in [-0.3, -0.25) is 4.79 Å². The molecule has 0 bridgehead atoms. The Hall–Kier alpha value is -2.04.